The van der Waals surface area contributed by atoms with Gasteiger partial charge in [-0.15, -0.1) is 11.8 Å². The number of methoxy groups -OCH3 is 1. The van der Waals surface area contributed by atoms with Gasteiger partial charge in [-0.25, -0.2) is 4.39 Å². The van der Waals surface area contributed by atoms with Crippen LogP contribution >= 0.6 is 11.8 Å². The number of amides is 2. The number of carbonyl (C=O) groups is 2. The van der Waals surface area contributed by atoms with E-state index in [1.54, 1.807) is 38.3 Å². The number of hydrogen-bond donors (Lipinski definition) is 2. The Bertz CT molecular complexity index is 720. The highest BCUT2D eigenvalue weighted by Gasteiger charge is 2.15. The molecule has 0 spiro atoms. The quantitative estimate of drug-likeness (QED) is 0.791. The van der Waals surface area contributed by atoms with Gasteiger partial charge < -0.3 is 15.4 Å². The average Bonchev–Trinajstić information content (AvgIpc) is 2.62. The molecule has 25 heavy (non-hydrogen) atoms. The lowest BCUT2D eigenvalue weighted by Crippen LogP contribution is -2.25. The van der Waals surface area contributed by atoms with E-state index in [0.29, 0.717) is 17.1 Å². The SMILES string of the molecule is COc1ccc(NC(=O)[C@H](C)SCC(=O)Nc2ccc(F)cc2)cc1. The lowest BCUT2D eigenvalue weighted by Gasteiger charge is -2.12. The van der Waals surface area contributed by atoms with Crippen LogP contribution < -0.4 is 15.4 Å². The summed E-state index contributed by atoms with van der Waals surface area (Å²) in [5, 5.41) is 5.04. The molecule has 0 unspecified atom stereocenters. The van der Waals surface area contributed by atoms with Crippen LogP contribution in [0.1, 0.15) is 6.92 Å². The van der Waals surface area contributed by atoms with Crippen LogP contribution in [0.25, 0.3) is 0 Å². The van der Waals surface area contributed by atoms with E-state index in [2.05, 4.69) is 10.6 Å². The molecular weight excluding hydrogens is 343 g/mol. The predicted molar refractivity (Wildman–Crippen MR) is 98.6 cm³/mol. The first kappa shape index (κ1) is 18.8. The second kappa shape index (κ2) is 9.08. The van der Waals surface area contributed by atoms with Crippen LogP contribution in [0, 0.1) is 5.82 Å². The van der Waals surface area contributed by atoms with E-state index >= 15 is 0 Å². The minimum Gasteiger partial charge on any atom is -0.497 e. The fourth-order valence-corrected chi connectivity index (χ4v) is 2.61. The van der Waals surface area contributed by atoms with Gasteiger partial charge in [0.05, 0.1) is 18.1 Å². The first-order chi connectivity index (χ1) is 12.0. The van der Waals surface area contributed by atoms with Gasteiger partial charge in [0, 0.05) is 11.4 Å². The van der Waals surface area contributed by atoms with E-state index in [0.717, 1.165) is 0 Å². The Morgan fingerprint density at radius 3 is 2.20 bits per heavy atom. The summed E-state index contributed by atoms with van der Waals surface area (Å²) in [6.07, 6.45) is 0. The third-order valence-electron chi connectivity index (χ3n) is 3.32. The van der Waals surface area contributed by atoms with Gasteiger partial charge in [0.1, 0.15) is 11.6 Å². The molecule has 0 aromatic heterocycles. The Morgan fingerprint density at radius 1 is 1.04 bits per heavy atom. The van der Waals surface area contributed by atoms with Gasteiger partial charge in [-0.2, -0.15) is 0 Å². The van der Waals surface area contributed by atoms with Gasteiger partial charge in [0.25, 0.3) is 0 Å². The lowest BCUT2D eigenvalue weighted by molar-refractivity contribution is -0.115. The zero-order valence-corrected chi connectivity index (χ0v) is 14.7. The van der Waals surface area contributed by atoms with Crippen molar-refractivity contribution in [1.29, 1.82) is 0 Å². The first-order valence-corrected chi connectivity index (χ1v) is 8.65. The van der Waals surface area contributed by atoms with Crippen molar-refractivity contribution < 1.29 is 18.7 Å². The standard InChI is InChI=1S/C18H19FN2O3S/c1-12(18(23)21-15-7-9-16(24-2)10-8-15)25-11-17(22)20-14-5-3-13(19)4-6-14/h3-10,12H,11H2,1-2H3,(H,20,22)(H,21,23)/t12-/m0/s1. The molecule has 2 rings (SSSR count). The zero-order valence-electron chi connectivity index (χ0n) is 13.9. The molecule has 132 valence electrons. The largest absolute Gasteiger partial charge is 0.497 e. The van der Waals surface area contributed by atoms with Crippen LogP contribution in [-0.2, 0) is 9.59 Å². The van der Waals surface area contributed by atoms with Crippen LogP contribution in [0.2, 0.25) is 0 Å². The molecule has 2 N–H and O–H groups in total. The van der Waals surface area contributed by atoms with Crippen molar-refractivity contribution in [2.45, 2.75) is 12.2 Å². The molecule has 0 radical (unpaired) electrons. The molecule has 0 fully saturated rings. The molecule has 0 saturated heterocycles. The van der Waals surface area contributed by atoms with E-state index in [9.17, 15) is 14.0 Å². The molecule has 0 aliphatic rings. The van der Waals surface area contributed by atoms with Gasteiger partial charge in [0.15, 0.2) is 0 Å². The monoisotopic (exact) mass is 362 g/mol. The lowest BCUT2D eigenvalue weighted by atomic mass is 10.3. The Balaban J connectivity index is 1.77. The van der Waals surface area contributed by atoms with Crippen molar-refractivity contribution in [2.75, 3.05) is 23.5 Å². The summed E-state index contributed by atoms with van der Waals surface area (Å²) in [7, 11) is 1.57. The first-order valence-electron chi connectivity index (χ1n) is 7.60. The highest BCUT2D eigenvalue weighted by Crippen LogP contribution is 2.18. The molecule has 2 aromatic rings. The van der Waals surface area contributed by atoms with Crippen LogP contribution in [0.15, 0.2) is 48.5 Å². The predicted octanol–water partition coefficient (Wildman–Crippen LogP) is 3.53. The van der Waals surface area contributed by atoms with E-state index in [1.807, 2.05) is 0 Å². The van der Waals surface area contributed by atoms with Gasteiger partial charge in [-0.3, -0.25) is 9.59 Å². The van der Waals surface area contributed by atoms with Crippen molar-refractivity contribution >= 4 is 35.0 Å². The minimum absolute atomic E-state index is 0.120. The van der Waals surface area contributed by atoms with E-state index in [1.165, 1.54) is 36.0 Å². The number of ether oxygens (including phenoxy) is 1. The van der Waals surface area contributed by atoms with E-state index in [-0.39, 0.29) is 23.4 Å². The highest BCUT2D eigenvalue weighted by molar-refractivity contribution is 8.01. The molecule has 2 aromatic carbocycles. The van der Waals surface area contributed by atoms with Crippen molar-refractivity contribution in [3.63, 3.8) is 0 Å². The fraction of sp³-hybridized carbons (Fsp3) is 0.222. The fourth-order valence-electron chi connectivity index (χ4n) is 1.92. The molecule has 0 saturated carbocycles. The summed E-state index contributed by atoms with van der Waals surface area (Å²) >= 11 is 1.22. The maximum atomic E-state index is 12.8. The molecule has 0 aliphatic heterocycles. The normalized spacial score (nSPS) is 11.5. The van der Waals surface area contributed by atoms with Gasteiger partial charge in [-0.05, 0) is 55.5 Å². The number of nitrogens with one attached hydrogen (secondary N) is 2. The summed E-state index contributed by atoms with van der Waals surface area (Å²) in [5.74, 6) is 0.0220. The second-order valence-corrected chi connectivity index (χ2v) is 6.56. The number of thioether (sulfide) groups is 1. The molecule has 2 amide bonds. The van der Waals surface area contributed by atoms with Crippen LogP contribution in [0.3, 0.4) is 0 Å². The molecule has 0 aliphatic carbocycles. The molecule has 0 heterocycles. The van der Waals surface area contributed by atoms with Crippen molar-refractivity contribution in [3.05, 3.63) is 54.3 Å². The van der Waals surface area contributed by atoms with Crippen LogP contribution in [-0.4, -0.2) is 29.9 Å². The van der Waals surface area contributed by atoms with Crippen LogP contribution in [0.5, 0.6) is 5.75 Å². The molecule has 5 nitrogen and oxygen atoms in total. The number of anilines is 2. The maximum Gasteiger partial charge on any atom is 0.237 e. The average molecular weight is 362 g/mol. The van der Waals surface area contributed by atoms with Gasteiger partial charge in [-0.1, -0.05) is 0 Å². The summed E-state index contributed by atoms with van der Waals surface area (Å²) in [6.45, 7) is 1.73. The van der Waals surface area contributed by atoms with Crippen LogP contribution in [0.4, 0.5) is 15.8 Å². The van der Waals surface area contributed by atoms with Crippen molar-refractivity contribution in [2.24, 2.45) is 0 Å². The van der Waals surface area contributed by atoms with E-state index < -0.39 is 5.25 Å². The Labute approximate surface area is 150 Å². The Hall–Kier alpha value is -2.54. The number of rotatable bonds is 7. The number of benzene rings is 2. The van der Waals surface area contributed by atoms with Gasteiger partial charge >= 0.3 is 0 Å². The zero-order chi connectivity index (χ0) is 18.2. The molecule has 1 atom stereocenters. The molecule has 7 heteroatoms. The Morgan fingerprint density at radius 2 is 1.60 bits per heavy atom. The number of hydrogen-bond acceptors (Lipinski definition) is 4. The molecule has 0 bridgehead atoms. The third kappa shape index (κ3) is 6.11. The van der Waals surface area contributed by atoms with Gasteiger partial charge in [0.2, 0.25) is 11.8 Å². The van der Waals surface area contributed by atoms with E-state index in [4.69, 9.17) is 4.74 Å². The Kier molecular flexibility index (Phi) is 6.82. The highest BCUT2D eigenvalue weighted by atomic mass is 32.2. The summed E-state index contributed by atoms with van der Waals surface area (Å²) in [6, 6.07) is 12.5. The summed E-state index contributed by atoms with van der Waals surface area (Å²) in [5.41, 5.74) is 1.18. The smallest absolute Gasteiger partial charge is 0.237 e. The van der Waals surface area contributed by atoms with Crippen molar-refractivity contribution in [1.82, 2.24) is 0 Å². The van der Waals surface area contributed by atoms with Crippen molar-refractivity contribution in [3.8, 4) is 5.75 Å². The molecular formula is C18H19FN2O3S. The minimum atomic E-state index is -0.402. The third-order valence-corrected chi connectivity index (χ3v) is 4.46. The maximum absolute atomic E-state index is 12.8. The summed E-state index contributed by atoms with van der Waals surface area (Å²) in [4.78, 5) is 24.0. The summed E-state index contributed by atoms with van der Waals surface area (Å²) < 4.78 is 17.9. The number of carbonyl (C=O) groups excluding carboxylic acids is 2. The second-order valence-electron chi connectivity index (χ2n) is 5.23. The topological polar surface area (TPSA) is 67.4 Å². The number of halogens is 1.